The predicted molar refractivity (Wildman–Crippen MR) is 85.7 cm³/mol. The minimum Gasteiger partial charge on any atom is -0.456 e. The number of hydrogen-bond donors (Lipinski definition) is 0. The van der Waals surface area contributed by atoms with Gasteiger partial charge in [-0.25, -0.2) is 9.59 Å². The predicted octanol–water partition coefficient (Wildman–Crippen LogP) is 3.29. The molecule has 3 rings (SSSR count). The van der Waals surface area contributed by atoms with Gasteiger partial charge in [0.1, 0.15) is 12.4 Å². The van der Waals surface area contributed by atoms with Crippen molar-refractivity contribution >= 4 is 12.1 Å². The molecule has 0 unspecified atom stereocenters. The molecule has 0 aliphatic rings. The fourth-order valence-corrected chi connectivity index (χ4v) is 1.97. The van der Waals surface area contributed by atoms with Gasteiger partial charge in [-0.1, -0.05) is 48.5 Å². The van der Waals surface area contributed by atoms with Crippen LogP contribution in [0.15, 0.2) is 72.9 Å². The first-order chi connectivity index (χ1) is 11.7. The molecule has 0 fully saturated rings. The first-order valence-electron chi connectivity index (χ1n) is 7.26. The molecule has 6 nitrogen and oxygen atoms in total. The highest BCUT2D eigenvalue weighted by Gasteiger charge is 2.15. The number of benzene rings is 2. The van der Waals surface area contributed by atoms with Crippen molar-refractivity contribution in [2.24, 2.45) is 0 Å². The number of nitrogens with zero attached hydrogens (tertiary/aromatic N) is 2. The number of ether oxygens (including phenoxy) is 2. The maximum absolute atomic E-state index is 12.0. The first-order valence-corrected chi connectivity index (χ1v) is 7.26. The molecule has 0 amide bonds. The second-order valence-electron chi connectivity index (χ2n) is 4.89. The van der Waals surface area contributed by atoms with E-state index in [0.717, 1.165) is 10.2 Å². The van der Waals surface area contributed by atoms with Crippen LogP contribution in [0.3, 0.4) is 0 Å². The summed E-state index contributed by atoms with van der Waals surface area (Å²) in [7, 11) is 0. The Kier molecular flexibility index (Phi) is 4.67. The van der Waals surface area contributed by atoms with Gasteiger partial charge in [0.25, 0.3) is 0 Å². The maximum atomic E-state index is 12.0. The van der Waals surface area contributed by atoms with Gasteiger partial charge in [-0.2, -0.15) is 9.78 Å². The Balaban J connectivity index is 1.60. The van der Waals surface area contributed by atoms with Crippen LogP contribution in [0, 0.1) is 0 Å². The van der Waals surface area contributed by atoms with E-state index in [1.165, 1.54) is 12.3 Å². The Bertz CT molecular complexity index is 828. The first kappa shape index (κ1) is 15.5. The molecule has 120 valence electrons. The molecule has 0 aliphatic carbocycles. The van der Waals surface area contributed by atoms with Gasteiger partial charge in [0.15, 0.2) is 5.69 Å². The van der Waals surface area contributed by atoms with E-state index in [-0.39, 0.29) is 12.3 Å². The smallest absolute Gasteiger partial charge is 0.440 e. The van der Waals surface area contributed by atoms with E-state index >= 15 is 0 Å². The summed E-state index contributed by atoms with van der Waals surface area (Å²) in [6.07, 6.45) is 0.646. The second-order valence-corrected chi connectivity index (χ2v) is 4.89. The molecule has 2 aromatic carbocycles. The third-order valence-corrected chi connectivity index (χ3v) is 3.15. The number of hydrogen-bond acceptors (Lipinski definition) is 5. The minimum absolute atomic E-state index is 0.0379. The van der Waals surface area contributed by atoms with Crippen LogP contribution >= 0.6 is 0 Å². The normalized spacial score (nSPS) is 10.2. The van der Waals surface area contributed by atoms with Crippen LogP contribution in [0.25, 0.3) is 0 Å². The lowest BCUT2D eigenvalue weighted by Crippen LogP contribution is -2.18. The number of rotatable bonds is 4. The van der Waals surface area contributed by atoms with Crippen LogP contribution in [0.5, 0.6) is 5.75 Å². The fourth-order valence-electron chi connectivity index (χ4n) is 1.97. The summed E-state index contributed by atoms with van der Waals surface area (Å²) in [6, 6.07) is 19.3. The molecule has 24 heavy (non-hydrogen) atoms. The van der Waals surface area contributed by atoms with Crippen LogP contribution in [-0.4, -0.2) is 21.8 Å². The molecule has 0 spiro atoms. The maximum Gasteiger partial charge on any atom is 0.440 e. The largest absolute Gasteiger partial charge is 0.456 e. The molecule has 1 aromatic heterocycles. The molecular weight excluding hydrogens is 308 g/mol. The minimum atomic E-state index is -0.705. The molecule has 0 saturated heterocycles. The summed E-state index contributed by atoms with van der Waals surface area (Å²) in [4.78, 5) is 23.9. The summed E-state index contributed by atoms with van der Waals surface area (Å²) in [5, 5.41) is 3.89. The van der Waals surface area contributed by atoms with Crippen molar-refractivity contribution in [1.82, 2.24) is 9.78 Å². The molecule has 3 aromatic rings. The molecule has 0 saturated carbocycles. The quantitative estimate of drug-likeness (QED) is 0.689. The number of aromatic nitrogens is 2. The highest BCUT2D eigenvalue weighted by atomic mass is 16.6. The van der Waals surface area contributed by atoms with Crippen molar-refractivity contribution in [3.63, 3.8) is 0 Å². The topological polar surface area (TPSA) is 70.4 Å². The lowest BCUT2D eigenvalue weighted by atomic mass is 10.2. The standard InChI is InChI=1S/C18H14N2O4/c21-17(23-13-14-7-3-1-4-8-14)16-11-12-20(19-16)18(22)24-15-9-5-2-6-10-15/h1-12H,13H2. The monoisotopic (exact) mass is 322 g/mol. The Morgan fingerprint density at radius 2 is 1.58 bits per heavy atom. The Labute approximate surface area is 138 Å². The fraction of sp³-hybridized carbons (Fsp3) is 0.0556. The van der Waals surface area contributed by atoms with Crippen molar-refractivity contribution in [3.05, 3.63) is 84.2 Å². The Morgan fingerprint density at radius 3 is 2.29 bits per heavy atom. The van der Waals surface area contributed by atoms with Crippen LogP contribution in [0.1, 0.15) is 16.1 Å². The average Bonchev–Trinajstić information content (AvgIpc) is 3.12. The van der Waals surface area contributed by atoms with Gasteiger partial charge in [-0.15, -0.1) is 0 Å². The van der Waals surface area contributed by atoms with E-state index in [0.29, 0.717) is 5.75 Å². The van der Waals surface area contributed by atoms with Crippen molar-refractivity contribution in [3.8, 4) is 5.75 Å². The molecule has 0 bridgehead atoms. The van der Waals surface area contributed by atoms with Gasteiger partial charge in [0.2, 0.25) is 0 Å². The number of esters is 1. The van der Waals surface area contributed by atoms with Crippen LogP contribution in [0.2, 0.25) is 0 Å². The zero-order valence-electron chi connectivity index (χ0n) is 12.7. The van der Waals surface area contributed by atoms with Crippen molar-refractivity contribution in [2.75, 3.05) is 0 Å². The molecule has 0 N–H and O–H groups in total. The number of para-hydroxylation sites is 1. The molecule has 1 heterocycles. The van der Waals surface area contributed by atoms with Crippen molar-refractivity contribution in [1.29, 1.82) is 0 Å². The summed E-state index contributed by atoms with van der Waals surface area (Å²) >= 11 is 0. The summed E-state index contributed by atoms with van der Waals surface area (Å²) in [5.41, 5.74) is 0.907. The zero-order valence-corrected chi connectivity index (χ0v) is 12.7. The Morgan fingerprint density at radius 1 is 0.917 bits per heavy atom. The highest BCUT2D eigenvalue weighted by molar-refractivity contribution is 5.87. The molecular formula is C18H14N2O4. The summed E-state index contributed by atoms with van der Waals surface area (Å²) < 4.78 is 11.2. The molecule has 0 radical (unpaired) electrons. The molecule has 0 aliphatic heterocycles. The number of carbonyl (C=O) groups excluding carboxylic acids is 2. The van der Waals surface area contributed by atoms with Gasteiger partial charge in [0, 0.05) is 6.20 Å². The van der Waals surface area contributed by atoms with Crippen molar-refractivity contribution in [2.45, 2.75) is 6.61 Å². The summed E-state index contributed by atoms with van der Waals surface area (Å²) in [5.74, 6) is -0.212. The van der Waals surface area contributed by atoms with E-state index in [1.54, 1.807) is 24.3 Å². The second kappa shape index (κ2) is 7.23. The van der Waals surface area contributed by atoms with Crippen LogP contribution in [0.4, 0.5) is 4.79 Å². The van der Waals surface area contributed by atoms with E-state index < -0.39 is 12.1 Å². The van der Waals surface area contributed by atoms with Gasteiger partial charge in [-0.3, -0.25) is 0 Å². The number of carbonyl (C=O) groups is 2. The van der Waals surface area contributed by atoms with Gasteiger partial charge in [-0.05, 0) is 23.8 Å². The van der Waals surface area contributed by atoms with Crippen LogP contribution in [-0.2, 0) is 11.3 Å². The third-order valence-electron chi connectivity index (χ3n) is 3.15. The molecule has 0 atom stereocenters. The lowest BCUT2D eigenvalue weighted by molar-refractivity contribution is 0.0465. The Hall–Kier alpha value is -3.41. The van der Waals surface area contributed by atoms with Gasteiger partial charge in [0.05, 0.1) is 0 Å². The summed E-state index contributed by atoms with van der Waals surface area (Å²) in [6.45, 7) is 0.140. The highest BCUT2D eigenvalue weighted by Crippen LogP contribution is 2.10. The van der Waals surface area contributed by atoms with Crippen LogP contribution < -0.4 is 4.74 Å². The molecule has 6 heteroatoms. The van der Waals surface area contributed by atoms with Gasteiger partial charge < -0.3 is 9.47 Å². The van der Waals surface area contributed by atoms with Gasteiger partial charge >= 0.3 is 12.1 Å². The van der Waals surface area contributed by atoms with E-state index in [1.807, 2.05) is 36.4 Å². The third kappa shape index (κ3) is 3.86. The zero-order chi connectivity index (χ0) is 16.8. The van der Waals surface area contributed by atoms with E-state index in [2.05, 4.69) is 5.10 Å². The van der Waals surface area contributed by atoms with E-state index in [9.17, 15) is 9.59 Å². The SMILES string of the molecule is O=C(OCc1ccccc1)c1ccn(C(=O)Oc2ccccc2)n1. The van der Waals surface area contributed by atoms with Crippen molar-refractivity contribution < 1.29 is 19.1 Å². The average molecular weight is 322 g/mol. The lowest BCUT2D eigenvalue weighted by Gasteiger charge is -2.03. The van der Waals surface area contributed by atoms with E-state index in [4.69, 9.17) is 9.47 Å².